The minimum absolute atomic E-state index is 0.00239. The Morgan fingerprint density at radius 2 is 2.43 bits per heavy atom. The SMILES string of the molecule is CC1COC(CO)CN1c1ccc2scnc2c1[N+](=O)[O-]. The third-order valence-corrected chi connectivity index (χ3v) is 4.45. The highest BCUT2D eigenvalue weighted by Gasteiger charge is 2.32. The van der Waals surface area contributed by atoms with Gasteiger partial charge in [-0.25, -0.2) is 4.98 Å². The first-order valence-corrected chi connectivity index (χ1v) is 7.49. The molecule has 1 aliphatic rings. The number of nitro benzene ring substituents is 1. The third-order valence-electron chi connectivity index (χ3n) is 3.66. The minimum atomic E-state index is -0.381. The standard InChI is InChI=1S/C13H15N3O4S/c1-8-6-20-9(5-17)4-15(8)10-2-3-11-12(14-7-21-11)13(10)16(18)19/h2-3,7-9,17H,4-6H2,1H3. The normalized spacial score (nSPS) is 22.7. The van der Waals surface area contributed by atoms with E-state index < -0.39 is 0 Å². The zero-order chi connectivity index (χ0) is 15.0. The first kappa shape index (κ1) is 14.2. The quantitative estimate of drug-likeness (QED) is 0.687. The average molecular weight is 309 g/mol. The van der Waals surface area contributed by atoms with Gasteiger partial charge in [-0.2, -0.15) is 0 Å². The number of anilines is 1. The van der Waals surface area contributed by atoms with Crippen LogP contribution in [0.25, 0.3) is 10.2 Å². The lowest BCUT2D eigenvalue weighted by atomic mass is 10.1. The molecule has 0 bridgehead atoms. The van der Waals surface area contributed by atoms with E-state index in [1.54, 1.807) is 11.6 Å². The average Bonchev–Trinajstić information content (AvgIpc) is 2.94. The third kappa shape index (κ3) is 2.45. The van der Waals surface area contributed by atoms with E-state index >= 15 is 0 Å². The smallest absolute Gasteiger partial charge is 0.319 e. The number of rotatable bonds is 3. The predicted molar refractivity (Wildman–Crippen MR) is 79.9 cm³/mol. The van der Waals surface area contributed by atoms with Crippen LogP contribution in [0.1, 0.15) is 6.92 Å². The summed E-state index contributed by atoms with van der Waals surface area (Å²) in [5.74, 6) is 0. The van der Waals surface area contributed by atoms with Gasteiger partial charge in [-0.3, -0.25) is 10.1 Å². The van der Waals surface area contributed by atoms with Gasteiger partial charge in [-0.1, -0.05) is 0 Å². The van der Waals surface area contributed by atoms with Crippen LogP contribution < -0.4 is 4.90 Å². The van der Waals surface area contributed by atoms with Crippen molar-refractivity contribution in [2.24, 2.45) is 0 Å². The summed E-state index contributed by atoms with van der Waals surface area (Å²) in [5, 5.41) is 20.8. The van der Waals surface area contributed by atoms with Crippen LogP contribution in [0.2, 0.25) is 0 Å². The van der Waals surface area contributed by atoms with E-state index in [1.807, 2.05) is 17.9 Å². The molecule has 1 aromatic carbocycles. The van der Waals surface area contributed by atoms with Gasteiger partial charge in [0.2, 0.25) is 0 Å². The van der Waals surface area contributed by atoms with Crippen molar-refractivity contribution in [2.45, 2.75) is 19.1 Å². The molecule has 1 N–H and O–H groups in total. The van der Waals surface area contributed by atoms with Crippen molar-refractivity contribution in [2.75, 3.05) is 24.7 Å². The molecule has 8 heteroatoms. The molecule has 7 nitrogen and oxygen atoms in total. The highest BCUT2D eigenvalue weighted by Crippen LogP contribution is 2.38. The molecule has 1 saturated heterocycles. The number of hydrogen-bond donors (Lipinski definition) is 1. The molecular formula is C13H15N3O4S. The number of fused-ring (bicyclic) bond motifs is 1. The number of benzene rings is 1. The van der Waals surface area contributed by atoms with Gasteiger partial charge >= 0.3 is 5.69 Å². The summed E-state index contributed by atoms with van der Waals surface area (Å²) in [6.45, 7) is 2.70. The fourth-order valence-corrected chi connectivity index (χ4v) is 3.26. The highest BCUT2D eigenvalue weighted by atomic mass is 32.1. The van der Waals surface area contributed by atoms with Crippen LogP contribution in [0, 0.1) is 10.1 Å². The molecule has 112 valence electrons. The molecule has 21 heavy (non-hydrogen) atoms. The second kappa shape index (κ2) is 5.55. The number of hydrogen-bond acceptors (Lipinski definition) is 7. The molecule has 1 aromatic heterocycles. The van der Waals surface area contributed by atoms with E-state index in [4.69, 9.17) is 4.74 Å². The lowest BCUT2D eigenvalue weighted by Gasteiger charge is -2.38. The van der Waals surface area contributed by atoms with Gasteiger partial charge < -0.3 is 14.7 Å². The molecule has 3 rings (SSSR count). The number of aliphatic hydroxyl groups excluding tert-OH is 1. The second-order valence-electron chi connectivity index (χ2n) is 5.03. The van der Waals surface area contributed by atoms with Crippen molar-refractivity contribution in [1.82, 2.24) is 4.98 Å². The molecule has 0 aliphatic carbocycles. The fourth-order valence-electron chi connectivity index (χ4n) is 2.58. The van der Waals surface area contributed by atoms with E-state index in [-0.39, 0.29) is 29.4 Å². The summed E-state index contributed by atoms with van der Waals surface area (Å²) in [6.07, 6.45) is -0.327. The van der Waals surface area contributed by atoms with Gasteiger partial charge in [0.15, 0.2) is 5.52 Å². The fraction of sp³-hybridized carbons (Fsp3) is 0.462. The van der Waals surface area contributed by atoms with Crippen LogP contribution in [0.4, 0.5) is 11.4 Å². The van der Waals surface area contributed by atoms with E-state index in [9.17, 15) is 15.2 Å². The first-order valence-electron chi connectivity index (χ1n) is 6.61. The Morgan fingerprint density at radius 1 is 1.62 bits per heavy atom. The van der Waals surface area contributed by atoms with Crippen LogP contribution in [-0.4, -0.2) is 46.9 Å². The van der Waals surface area contributed by atoms with Gasteiger partial charge in [0.05, 0.1) is 34.5 Å². The van der Waals surface area contributed by atoms with Crippen LogP contribution in [0.3, 0.4) is 0 Å². The number of morpholine rings is 1. The summed E-state index contributed by atoms with van der Waals surface area (Å²) < 4.78 is 6.29. The first-order chi connectivity index (χ1) is 10.1. The van der Waals surface area contributed by atoms with Crippen molar-refractivity contribution in [3.8, 4) is 0 Å². The highest BCUT2D eigenvalue weighted by molar-refractivity contribution is 7.16. The Hall–Kier alpha value is -1.77. The van der Waals surface area contributed by atoms with Gasteiger partial charge in [0.1, 0.15) is 5.69 Å². The maximum absolute atomic E-state index is 11.5. The molecule has 2 heterocycles. The summed E-state index contributed by atoms with van der Waals surface area (Å²) in [4.78, 5) is 17.2. The molecule has 1 fully saturated rings. The Morgan fingerprint density at radius 3 is 3.14 bits per heavy atom. The Labute approximate surface area is 124 Å². The molecule has 2 aromatic rings. The molecule has 2 atom stereocenters. The van der Waals surface area contributed by atoms with Crippen LogP contribution in [0.5, 0.6) is 0 Å². The van der Waals surface area contributed by atoms with Crippen LogP contribution in [-0.2, 0) is 4.74 Å². The second-order valence-corrected chi connectivity index (χ2v) is 5.92. The minimum Gasteiger partial charge on any atom is -0.394 e. The summed E-state index contributed by atoms with van der Waals surface area (Å²) in [6, 6.07) is 3.61. The van der Waals surface area contributed by atoms with Gasteiger partial charge in [-0.05, 0) is 19.1 Å². The topological polar surface area (TPSA) is 88.7 Å². The maximum atomic E-state index is 11.5. The van der Waals surface area contributed by atoms with Crippen molar-refractivity contribution >= 4 is 32.9 Å². The lowest BCUT2D eigenvalue weighted by Crippen LogP contribution is -2.49. The van der Waals surface area contributed by atoms with Crippen molar-refractivity contribution < 1.29 is 14.8 Å². The van der Waals surface area contributed by atoms with E-state index in [0.29, 0.717) is 24.4 Å². The zero-order valence-electron chi connectivity index (χ0n) is 11.4. The van der Waals surface area contributed by atoms with Gasteiger partial charge in [0.25, 0.3) is 0 Å². The Balaban J connectivity index is 2.10. The molecule has 2 unspecified atom stereocenters. The van der Waals surface area contributed by atoms with E-state index in [1.165, 1.54) is 11.3 Å². The predicted octanol–water partition coefficient (Wildman–Crippen LogP) is 1.79. The maximum Gasteiger partial charge on any atom is 0.319 e. The van der Waals surface area contributed by atoms with Gasteiger partial charge in [-0.15, -0.1) is 11.3 Å². The molecule has 1 aliphatic heterocycles. The van der Waals surface area contributed by atoms with Gasteiger partial charge in [0, 0.05) is 12.6 Å². The summed E-state index contributed by atoms with van der Waals surface area (Å²) in [7, 11) is 0. The van der Waals surface area contributed by atoms with Crippen LogP contribution >= 0.6 is 11.3 Å². The molecule has 0 radical (unpaired) electrons. The number of thiazole rings is 1. The van der Waals surface area contributed by atoms with Crippen molar-refractivity contribution in [1.29, 1.82) is 0 Å². The number of ether oxygens (including phenoxy) is 1. The molecule has 0 spiro atoms. The van der Waals surface area contributed by atoms with E-state index in [2.05, 4.69) is 4.98 Å². The number of aliphatic hydroxyl groups is 1. The molecular weight excluding hydrogens is 294 g/mol. The Bertz CT molecular complexity index is 674. The Kier molecular flexibility index (Phi) is 3.75. The number of aromatic nitrogens is 1. The zero-order valence-corrected chi connectivity index (χ0v) is 12.2. The van der Waals surface area contributed by atoms with Crippen molar-refractivity contribution in [3.05, 3.63) is 27.8 Å². The lowest BCUT2D eigenvalue weighted by molar-refractivity contribution is -0.382. The monoisotopic (exact) mass is 309 g/mol. The van der Waals surface area contributed by atoms with Crippen molar-refractivity contribution in [3.63, 3.8) is 0 Å². The van der Waals surface area contributed by atoms with E-state index in [0.717, 1.165) is 4.70 Å². The number of nitrogens with zero attached hydrogens (tertiary/aromatic N) is 3. The molecule has 0 amide bonds. The summed E-state index contributed by atoms with van der Waals surface area (Å²) in [5.41, 5.74) is 2.59. The largest absolute Gasteiger partial charge is 0.394 e. The van der Waals surface area contributed by atoms with Crippen LogP contribution in [0.15, 0.2) is 17.6 Å². The number of nitro groups is 1. The molecule has 0 saturated carbocycles. The summed E-state index contributed by atoms with van der Waals surface area (Å²) >= 11 is 1.38.